The molecule has 1 aromatic rings. The van der Waals surface area contributed by atoms with Gasteiger partial charge in [-0.15, -0.1) is 11.8 Å². The smallest absolute Gasteiger partial charge is 0.308 e. The topological polar surface area (TPSA) is 57.6 Å². The Morgan fingerprint density at radius 2 is 1.95 bits per heavy atom. The van der Waals surface area contributed by atoms with Crippen molar-refractivity contribution in [3.05, 3.63) is 28.7 Å². The lowest BCUT2D eigenvalue weighted by Gasteiger charge is -2.22. The van der Waals surface area contributed by atoms with Crippen molar-refractivity contribution < 1.29 is 14.7 Å². The van der Waals surface area contributed by atoms with Crippen molar-refractivity contribution in [2.24, 2.45) is 5.92 Å². The first-order valence-electron chi connectivity index (χ1n) is 6.33. The molecule has 1 N–H and O–H groups in total. The summed E-state index contributed by atoms with van der Waals surface area (Å²) in [5.41, 5.74) is 0. The summed E-state index contributed by atoms with van der Waals surface area (Å²) >= 11 is 4.82. The summed E-state index contributed by atoms with van der Waals surface area (Å²) < 4.78 is 0.999. The molecule has 0 aliphatic carbocycles. The van der Waals surface area contributed by atoms with Crippen molar-refractivity contribution in [1.29, 1.82) is 0 Å². The fourth-order valence-corrected chi connectivity index (χ4v) is 2.65. The monoisotopic (exact) mass is 359 g/mol. The molecule has 0 bridgehead atoms. The summed E-state index contributed by atoms with van der Waals surface area (Å²) in [5.74, 6) is -1.14. The maximum Gasteiger partial charge on any atom is 0.308 e. The van der Waals surface area contributed by atoms with Crippen LogP contribution in [0.15, 0.2) is 33.6 Å². The summed E-state index contributed by atoms with van der Waals surface area (Å²) in [6, 6.07) is 7.74. The van der Waals surface area contributed by atoms with Crippen LogP contribution in [0.25, 0.3) is 0 Å². The van der Waals surface area contributed by atoms with Crippen LogP contribution < -0.4 is 0 Å². The van der Waals surface area contributed by atoms with Crippen LogP contribution in [0, 0.1) is 5.92 Å². The number of hydrogen-bond acceptors (Lipinski definition) is 3. The highest BCUT2D eigenvalue weighted by atomic mass is 79.9. The lowest BCUT2D eigenvalue weighted by atomic mass is 10.2. The molecule has 0 heterocycles. The average Bonchev–Trinajstić information content (AvgIpc) is 2.43. The number of carbonyl (C=O) groups excluding carboxylic acids is 1. The Morgan fingerprint density at radius 3 is 2.45 bits per heavy atom. The van der Waals surface area contributed by atoms with Gasteiger partial charge < -0.3 is 10.0 Å². The largest absolute Gasteiger partial charge is 0.481 e. The third kappa shape index (κ3) is 5.54. The van der Waals surface area contributed by atoms with Gasteiger partial charge in [0.05, 0.1) is 11.7 Å². The normalized spacial score (nSPS) is 11.9. The summed E-state index contributed by atoms with van der Waals surface area (Å²) in [5, 5.41) is 8.89. The summed E-state index contributed by atoms with van der Waals surface area (Å²) in [4.78, 5) is 25.5. The zero-order chi connectivity index (χ0) is 15.1. The van der Waals surface area contributed by atoms with Crippen LogP contribution in [-0.4, -0.2) is 40.7 Å². The molecule has 0 aliphatic heterocycles. The van der Waals surface area contributed by atoms with Gasteiger partial charge in [0, 0.05) is 22.5 Å². The minimum atomic E-state index is -0.878. The van der Waals surface area contributed by atoms with Crippen LogP contribution in [0.2, 0.25) is 0 Å². The van der Waals surface area contributed by atoms with Crippen molar-refractivity contribution in [2.45, 2.75) is 18.7 Å². The molecule has 1 unspecified atom stereocenters. The molecule has 4 nitrogen and oxygen atoms in total. The second-order valence-electron chi connectivity index (χ2n) is 4.41. The van der Waals surface area contributed by atoms with E-state index in [-0.39, 0.29) is 12.5 Å². The van der Waals surface area contributed by atoms with Crippen molar-refractivity contribution in [1.82, 2.24) is 4.90 Å². The Balaban J connectivity index is 2.51. The third-order valence-corrected chi connectivity index (χ3v) is 4.35. The molecule has 1 aromatic carbocycles. The zero-order valence-electron chi connectivity index (χ0n) is 11.5. The lowest BCUT2D eigenvalue weighted by Crippen LogP contribution is -2.37. The first kappa shape index (κ1) is 17.0. The number of carbonyl (C=O) groups is 2. The number of halogens is 1. The molecule has 0 saturated heterocycles. The van der Waals surface area contributed by atoms with Gasteiger partial charge in [-0.25, -0.2) is 0 Å². The van der Waals surface area contributed by atoms with E-state index in [2.05, 4.69) is 15.9 Å². The lowest BCUT2D eigenvalue weighted by molar-refractivity contribution is -0.142. The zero-order valence-corrected chi connectivity index (χ0v) is 13.9. The van der Waals surface area contributed by atoms with E-state index in [0.29, 0.717) is 12.3 Å². The van der Waals surface area contributed by atoms with Gasteiger partial charge in [-0.05, 0) is 31.2 Å². The number of rotatable bonds is 7. The number of carboxylic acids is 1. The molecular weight excluding hydrogens is 342 g/mol. The number of benzene rings is 1. The van der Waals surface area contributed by atoms with E-state index in [9.17, 15) is 9.59 Å². The van der Waals surface area contributed by atoms with E-state index in [4.69, 9.17) is 5.11 Å². The molecule has 0 saturated carbocycles. The summed E-state index contributed by atoms with van der Waals surface area (Å²) in [6.45, 7) is 4.25. The van der Waals surface area contributed by atoms with Crippen LogP contribution in [0.3, 0.4) is 0 Å². The predicted octanol–water partition coefficient (Wildman–Crippen LogP) is 3.11. The Morgan fingerprint density at radius 1 is 1.35 bits per heavy atom. The van der Waals surface area contributed by atoms with Crippen LogP contribution in [0.1, 0.15) is 13.8 Å². The molecule has 1 atom stereocenters. The highest BCUT2D eigenvalue weighted by molar-refractivity contribution is 9.10. The van der Waals surface area contributed by atoms with Gasteiger partial charge in [0.2, 0.25) is 5.91 Å². The highest BCUT2D eigenvalue weighted by Gasteiger charge is 2.19. The summed E-state index contributed by atoms with van der Waals surface area (Å²) in [7, 11) is 0. The van der Waals surface area contributed by atoms with E-state index < -0.39 is 11.9 Å². The molecule has 0 radical (unpaired) electrons. The van der Waals surface area contributed by atoms with Gasteiger partial charge in [0.25, 0.3) is 0 Å². The second-order valence-corrected chi connectivity index (χ2v) is 6.38. The average molecular weight is 360 g/mol. The molecule has 0 aliphatic rings. The number of aliphatic carboxylic acids is 1. The second kappa shape index (κ2) is 8.32. The number of thioether (sulfide) groups is 1. The SMILES string of the molecule is CCN(CC(C)C(=O)O)C(=O)CSc1ccc(Br)cc1. The standard InChI is InChI=1S/C14H18BrNO3S/c1-3-16(8-10(2)14(18)19)13(17)9-20-12-6-4-11(15)5-7-12/h4-7,10H,3,8-9H2,1-2H3,(H,18,19). The van der Waals surface area contributed by atoms with Crippen LogP contribution >= 0.6 is 27.7 Å². The van der Waals surface area contributed by atoms with Gasteiger partial charge in [-0.3, -0.25) is 9.59 Å². The minimum Gasteiger partial charge on any atom is -0.481 e. The fourth-order valence-electron chi connectivity index (χ4n) is 1.58. The molecule has 20 heavy (non-hydrogen) atoms. The molecule has 110 valence electrons. The van der Waals surface area contributed by atoms with E-state index in [0.717, 1.165) is 9.37 Å². The fraction of sp³-hybridized carbons (Fsp3) is 0.429. The molecular formula is C14H18BrNO3S. The van der Waals surface area contributed by atoms with Gasteiger partial charge in [0.15, 0.2) is 0 Å². The third-order valence-electron chi connectivity index (χ3n) is 2.83. The maximum absolute atomic E-state index is 12.1. The first-order valence-corrected chi connectivity index (χ1v) is 8.10. The number of nitrogens with zero attached hydrogens (tertiary/aromatic N) is 1. The molecule has 0 spiro atoms. The van der Waals surface area contributed by atoms with Gasteiger partial charge in [-0.1, -0.05) is 22.9 Å². The Kier molecular flexibility index (Phi) is 7.09. The van der Waals surface area contributed by atoms with E-state index in [1.165, 1.54) is 11.8 Å². The number of hydrogen-bond donors (Lipinski definition) is 1. The van der Waals surface area contributed by atoms with Gasteiger partial charge in [0.1, 0.15) is 0 Å². The predicted molar refractivity (Wildman–Crippen MR) is 83.9 cm³/mol. The molecule has 1 rings (SSSR count). The number of carboxylic acid groups (broad SMARTS) is 1. The molecule has 0 aromatic heterocycles. The summed E-state index contributed by atoms with van der Waals surface area (Å²) in [6.07, 6.45) is 0. The van der Waals surface area contributed by atoms with Crippen molar-refractivity contribution in [2.75, 3.05) is 18.8 Å². The minimum absolute atomic E-state index is 0.0338. The van der Waals surface area contributed by atoms with Crippen LogP contribution in [-0.2, 0) is 9.59 Å². The van der Waals surface area contributed by atoms with E-state index >= 15 is 0 Å². The first-order chi connectivity index (χ1) is 9.43. The molecule has 6 heteroatoms. The molecule has 0 fully saturated rings. The maximum atomic E-state index is 12.1. The molecule has 1 amide bonds. The Labute approximate surface area is 131 Å². The van der Waals surface area contributed by atoms with E-state index in [1.54, 1.807) is 11.8 Å². The van der Waals surface area contributed by atoms with Crippen LogP contribution in [0.5, 0.6) is 0 Å². The quantitative estimate of drug-likeness (QED) is 0.759. The van der Waals surface area contributed by atoms with Gasteiger partial charge in [-0.2, -0.15) is 0 Å². The number of amides is 1. The van der Waals surface area contributed by atoms with E-state index in [1.807, 2.05) is 31.2 Å². The van der Waals surface area contributed by atoms with Gasteiger partial charge >= 0.3 is 5.97 Å². The Bertz CT molecular complexity index is 464. The van der Waals surface area contributed by atoms with Crippen molar-refractivity contribution >= 4 is 39.6 Å². The Hall–Kier alpha value is -1.01. The highest BCUT2D eigenvalue weighted by Crippen LogP contribution is 2.21. The van der Waals surface area contributed by atoms with Crippen molar-refractivity contribution in [3.63, 3.8) is 0 Å². The van der Waals surface area contributed by atoms with Crippen molar-refractivity contribution in [3.8, 4) is 0 Å². The van der Waals surface area contributed by atoms with Crippen LogP contribution in [0.4, 0.5) is 0 Å².